The van der Waals surface area contributed by atoms with Crippen LogP contribution in [-0.4, -0.2) is 17.6 Å². The first-order valence-corrected chi connectivity index (χ1v) is 6.83. The van der Waals surface area contributed by atoms with Crippen LogP contribution in [0.2, 0.25) is 0 Å². The van der Waals surface area contributed by atoms with E-state index >= 15 is 0 Å². The number of halogens is 2. The number of aliphatic hydroxyl groups is 1. The lowest BCUT2D eigenvalue weighted by Crippen LogP contribution is -2.31. The average molecular weight is 338 g/mol. The molecule has 0 saturated carbocycles. The van der Waals surface area contributed by atoms with Crippen LogP contribution in [0.15, 0.2) is 53.0 Å². The maximum atomic E-state index is 13.4. The summed E-state index contributed by atoms with van der Waals surface area (Å²) in [5.74, 6) is -0.947. The minimum atomic E-state index is -0.529. The zero-order valence-corrected chi connectivity index (χ0v) is 12.1. The molecule has 0 unspecified atom stereocenters. The summed E-state index contributed by atoms with van der Waals surface area (Å²) in [4.78, 5) is 12.1. The minimum absolute atomic E-state index is 0.113. The molecule has 1 atom stereocenters. The van der Waals surface area contributed by atoms with Gasteiger partial charge in [0.05, 0.1) is 22.7 Å². The first-order valence-electron chi connectivity index (χ1n) is 6.04. The highest BCUT2D eigenvalue weighted by atomic mass is 79.9. The summed E-state index contributed by atoms with van der Waals surface area (Å²) in [6.45, 7) is -0.233. The van der Waals surface area contributed by atoms with E-state index in [1.807, 2.05) is 30.3 Å². The van der Waals surface area contributed by atoms with Crippen LogP contribution < -0.4 is 5.32 Å². The van der Waals surface area contributed by atoms with Crippen molar-refractivity contribution in [1.82, 2.24) is 5.32 Å². The third kappa shape index (κ3) is 3.23. The standard InChI is InChI=1S/C15H13BrFNO2/c16-14-11(7-4-8-12(14)17)15(20)18-13(9-19)10-5-2-1-3-6-10/h1-8,13,19H,9H2,(H,18,20)/t13-/m0/s1. The molecular formula is C15H13BrFNO2. The van der Waals surface area contributed by atoms with Gasteiger partial charge in [-0.15, -0.1) is 0 Å². The van der Waals surface area contributed by atoms with Gasteiger partial charge in [-0.3, -0.25) is 4.79 Å². The van der Waals surface area contributed by atoms with Crippen LogP contribution in [0, 0.1) is 5.82 Å². The number of benzene rings is 2. The lowest BCUT2D eigenvalue weighted by molar-refractivity contribution is 0.0915. The molecule has 0 spiro atoms. The molecule has 3 nitrogen and oxygen atoms in total. The van der Waals surface area contributed by atoms with Crippen LogP contribution in [0.25, 0.3) is 0 Å². The zero-order valence-electron chi connectivity index (χ0n) is 10.5. The maximum Gasteiger partial charge on any atom is 0.253 e. The minimum Gasteiger partial charge on any atom is -0.394 e. The summed E-state index contributed by atoms with van der Waals surface area (Å²) >= 11 is 3.05. The van der Waals surface area contributed by atoms with E-state index in [1.54, 1.807) is 0 Å². The first kappa shape index (κ1) is 14.7. The second-order valence-electron chi connectivity index (χ2n) is 4.22. The van der Waals surface area contributed by atoms with E-state index < -0.39 is 17.8 Å². The van der Waals surface area contributed by atoms with E-state index in [0.717, 1.165) is 5.56 Å². The number of aliphatic hydroxyl groups excluding tert-OH is 1. The predicted molar refractivity (Wildman–Crippen MR) is 77.8 cm³/mol. The van der Waals surface area contributed by atoms with Gasteiger partial charge in [0.25, 0.3) is 5.91 Å². The number of hydrogen-bond donors (Lipinski definition) is 2. The van der Waals surface area contributed by atoms with Crippen LogP contribution in [0.5, 0.6) is 0 Å². The Morgan fingerprint density at radius 1 is 1.20 bits per heavy atom. The number of nitrogens with one attached hydrogen (secondary N) is 1. The van der Waals surface area contributed by atoms with Gasteiger partial charge in [0.2, 0.25) is 0 Å². The van der Waals surface area contributed by atoms with Crippen molar-refractivity contribution >= 4 is 21.8 Å². The predicted octanol–water partition coefficient (Wildman–Crippen LogP) is 3.05. The third-order valence-corrected chi connectivity index (χ3v) is 3.69. The van der Waals surface area contributed by atoms with Gasteiger partial charge >= 0.3 is 0 Å². The molecule has 1 amide bonds. The molecule has 0 bridgehead atoms. The van der Waals surface area contributed by atoms with E-state index in [0.29, 0.717) is 0 Å². The second kappa shape index (κ2) is 6.63. The molecule has 2 N–H and O–H groups in total. The van der Waals surface area contributed by atoms with Crippen molar-refractivity contribution in [2.75, 3.05) is 6.61 Å². The lowest BCUT2D eigenvalue weighted by atomic mass is 10.1. The molecule has 0 aliphatic rings. The summed E-state index contributed by atoms with van der Waals surface area (Å²) in [6.07, 6.45) is 0. The van der Waals surface area contributed by atoms with Crippen molar-refractivity contribution < 1.29 is 14.3 Å². The fourth-order valence-corrected chi connectivity index (χ4v) is 2.28. The molecule has 104 valence electrons. The molecule has 0 saturated heterocycles. The monoisotopic (exact) mass is 337 g/mol. The van der Waals surface area contributed by atoms with Crippen LogP contribution in [-0.2, 0) is 0 Å². The van der Waals surface area contributed by atoms with Gasteiger partial charge in [0, 0.05) is 0 Å². The zero-order chi connectivity index (χ0) is 14.5. The van der Waals surface area contributed by atoms with Crippen molar-refractivity contribution in [1.29, 1.82) is 0 Å². The lowest BCUT2D eigenvalue weighted by Gasteiger charge is -2.17. The van der Waals surface area contributed by atoms with Crippen LogP contribution in [0.4, 0.5) is 4.39 Å². The summed E-state index contributed by atoms with van der Waals surface area (Å²) in [6, 6.07) is 12.8. The molecular weight excluding hydrogens is 325 g/mol. The van der Waals surface area contributed by atoms with Crippen molar-refractivity contribution in [3.05, 3.63) is 69.9 Å². The average Bonchev–Trinajstić information content (AvgIpc) is 2.48. The fourth-order valence-electron chi connectivity index (χ4n) is 1.83. The van der Waals surface area contributed by atoms with E-state index in [1.165, 1.54) is 18.2 Å². The fraction of sp³-hybridized carbons (Fsp3) is 0.133. The molecule has 20 heavy (non-hydrogen) atoms. The van der Waals surface area contributed by atoms with Crippen molar-refractivity contribution in [3.63, 3.8) is 0 Å². The van der Waals surface area contributed by atoms with Gasteiger partial charge in [-0.25, -0.2) is 4.39 Å². The van der Waals surface area contributed by atoms with Gasteiger partial charge in [0.1, 0.15) is 5.82 Å². The van der Waals surface area contributed by atoms with E-state index in [4.69, 9.17) is 0 Å². The van der Waals surface area contributed by atoms with Gasteiger partial charge in [-0.2, -0.15) is 0 Å². The van der Waals surface area contributed by atoms with E-state index in [2.05, 4.69) is 21.2 Å². The Morgan fingerprint density at radius 3 is 2.55 bits per heavy atom. The normalized spacial score (nSPS) is 11.9. The highest BCUT2D eigenvalue weighted by molar-refractivity contribution is 9.10. The number of carbonyl (C=O) groups excluding carboxylic acids is 1. The summed E-state index contributed by atoms with van der Waals surface area (Å²) < 4.78 is 13.5. The highest BCUT2D eigenvalue weighted by Crippen LogP contribution is 2.21. The van der Waals surface area contributed by atoms with E-state index in [-0.39, 0.29) is 16.6 Å². The number of amides is 1. The Hall–Kier alpha value is -1.72. The second-order valence-corrected chi connectivity index (χ2v) is 5.01. The van der Waals surface area contributed by atoms with Gasteiger partial charge < -0.3 is 10.4 Å². The number of hydrogen-bond acceptors (Lipinski definition) is 2. The van der Waals surface area contributed by atoms with Gasteiger partial charge in [-0.1, -0.05) is 36.4 Å². The van der Waals surface area contributed by atoms with E-state index in [9.17, 15) is 14.3 Å². The molecule has 5 heteroatoms. The molecule has 0 heterocycles. The Kier molecular flexibility index (Phi) is 4.87. The maximum absolute atomic E-state index is 13.4. The van der Waals surface area contributed by atoms with Gasteiger partial charge in [0.15, 0.2) is 0 Å². The molecule has 2 aromatic rings. The van der Waals surface area contributed by atoms with Crippen molar-refractivity contribution in [3.8, 4) is 0 Å². The van der Waals surface area contributed by atoms with Crippen LogP contribution >= 0.6 is 15.9 Å². The largest absolute Gasteiger partial charge is 0.394 e. The third-order valence-electron chi connectivity index (χ3n) is 2.89. The molecule has 0 aliphatic heterocycles. The van der Waals surface area contributed by atoms with Crippen LogP contribution in [0.3, 0.4) is 0 Å². The highest BCUT2D eigenvalue weighted by Gasteiger charge is 2.17. The molecule has 0 aliphatic carbocycles. The Labute approximate surface area is 124 Å². The number of carbonyl (C=O) groups is 1. The van der Waals surface area contributed by atoms with Gasteiger partial charge in [-0.05, 0) is 33.6 Å². The Morgan fingerprint density at radius 2 is 1.90 bits per heavy atom. The molecule has 0 fully saturated rings. The summed E-state index contributed by atoms with van der Waals surface area (Å²) in [5, 5.41) is 12.1. The quantitative estimate of drug-likeness (QED) is 0.900. The topological polar surface area (TPSA) is 49.3 Å². The number of rotatable bonds is 4. The Balaban J connectivity index is 2.20. The summed E-state index contributed by atoms with van der Waals surface area (Å²) in [5.41, 5.74) is 0.982. The first-order chi connectivity index (χ1) is 9.63. The molecule has 2 aromatic carbocycles. The smallest absolute Gasteiger partial charge is 0.253 e. The molecule has 2 rings (SSSR count). The van der Waals surface area contributed by atoms with Crippen LogP contribution in [0.1, 0.15) is 22.0 Å². The van der Waals surface area contributed by atoms with Crippen molar-refractivity contribution in [2.45, 2.75) is 6.04 Å². The SMILES string of the molecule is O=C(N[C@@H](CO)c1ccccc1)c1cccc(F)c1Br. The Bertz CT molecular complexity index is 604. The van der Waals surface area contributed by atoms with Crippen molar-refractivity contribution in [2.24, 2.45) is 0 Å². The summed E-state index contributed by atoms with van der Waals surface area (Å²) in [7, 11) is 0. The molecule has 0 aromatic heterocycles. The molecule has 0 radical (unpaired) electrons.